The molecule has 0 spiro atoms. The van der Waals surface area contributed by atoms with Crippen molar-refractivity contribution in [1.82, 2.24) is 14.9 Å². The number of benzene rings is 2. The van der Waals surface area contributed by atoms with Gasteiger partial charge in [-0.25, -0.2) is 29.3 Å². The minimum absolute atomic E-state index is 0.0158. The van der Waals surface area contributed by atoms with Crippen LogP contribution in [0.15, 0.2) is 36.7 Å². The normalized spacial score (nSPS) is 15.0. The molecule has 1 aromatic heterocycles. The van der Waals surface area contributed by atoms with E-state index < -0.39 is 29.4 Å². The Balaban J connectivity index is 1.53. The average molecular weight is 788 g/mol. The van der Waals surface area contributed by atoms with Crippen LogP contribution in [-0.4, -0.2) is 97.8 Å². The molecule has 0 radical (unpaired) electrons. The quantitative estimate of drug-likeness (QED) is 0.222. The zero-order chi connectivity index (χ0) is 39.7. The molecule has 15 nitrogen and oxygen atoms in total. The van der Waals surface area contributed by atoms with E-state index in [0.29, 0.717) is 22.3 Å². The Morgan fingerprint density at radius 1 is 0.815 bits per heavy atom. The van der Waals surface area contributed by atoms with Gasteiger partial charge in [-0.2, -0.15) is 4.90 Å². The molecular weight excluding hydrogens is 739 g/mol. The Kier molecular flexibility index (Phi) is 11.9. The molecule has 2 N–H and O–H groups in total. The van der Waals surface area contributed by atoms with E-state index in [1.165, 1.54) is 57.5 Å². The molecule has 17 heteroatoms. The number of aromatic nitrogens is 2. The number of nitrogen functional groups attached to an aromatic ring is 1. The zero-order valence-electron chi connectivity index (χ0n) is 32.1. The molecule has 2 aliphatic rings. The summed E-state index contributed by atoms with van der Waals surface area (Å²) in [4.78, 5) is 58.5. The van der Waals surface area contributed by atoms with Crippen molar-refractivity contribution in [3.63, 3.8) is 0 Å². The number of carbonyl (C=O) groups excluding carboxylic acids is 3. The fraction of sp³-hybridized carbons (Fsp3) is 0.486. The highest BCUT2D eigenvalue weighted by atomic mass is 35.5. The SMILES string of the molecule is COc1cc(OC)c(Cl)c(N(C(=O)OC(C)(C)C)C(=O)N(C)c2cc(N(C(=O)OC(C)(C)C)c3ccc(N4CCN(C5CC5)CC4)cc3N)ncn2)c1Cl. The number of anilines is 6. The Bertz CT molecular complexity index is 1860. The summed E-state index contributed by atoms with van der Waals surface area (Å²) in [5.74, 6) is 0.184. The summed E-state index contributed by atoms with van der Waals surface area (Å²) in [5, 5.41) is -0.307. The number of carbonyl (C=O) groups is 3. The van der Waals surface area contributed by atoms with Crippen LogP contribution in [0.5, 0.6) is 11.5 Å². The van der Waals surface area contributed by atoms with Gasteiger partial charge >= 0.3 is 18.2 Å². The van der Waals surface area contributed by atoms with E-state index in [2.05, 4.69) is 19.8 Å². The van der Waals surface area contributed by atoms with Gasteiger partial charge in [0.15, 0.2) is 0 Å². The van der Waals surface area contributed by atoms with E-state index in [1.54, 1.807) is 47.6 Å². The van der Waals surface area contributed by atoms with E-state index in [9.17, 15) is 14.4 Å². The smallest absolute Gasteiger partial charge is 0.423 e. The van der Waals surface area contributed by atoms with Gasteiger partial charge in [0.2, 0.25) is 0 Å². The molecule has 0 unspecified atom stereocenters. The maximum absolute atomic E-state index is 14.4. The molecule has 1 aliphatic heterocycles. The molecule has 0 bridgehead atoms. The van der Waals surface area contributed by atoms with Gasteiger partial charge in [0, 0.05) is 57.1 Å². The van der Waals surface area contributed by atoms with Gasteiger partial charge in [0.05, 0.1) is 25.6 Å². The van der Waals surface area contributed by atoms with Gasteiger partial charge in [-0.15, -0.1) is 0 Å². The van der Waals surface area contributed by atoms with Gasteiger partial charge < -0.3 is 29.6 Å². The minimum atomic E-state index is -1.09. The van der Waals surface area contributed by atoms with Gasteiger partial charge in [0.25, 0.3) is 0 Å². The number of imide groups is 1. The van der Waals surface area contributed by atoms with Crippen LogP contribution in [0.25, 0.3) is 0 Å². The number of halogens is 2. The summed E-state index contributed by atoms with van der Waals surface area (Å²) in [5.41, 5.74) is 6.06. The summed E-state index contributed by atoms with van der Waals surface area (Å²) < 4.78 is 22.2. The fourth-order valence-corrected chi connectivity index (χ4v) is 6.55. The first kappa shape index (κ1) is 40.5. The van der Waals surface area contributed by atoms with Crippen LogP contribution in [0, 0.1) is 0 Å². The Morgan fingerprint density at radius 2 is 1.37 bits per heavy atom. The molecule has 0 atom stereocenters. The molecule has 3 aromatic rings. The highest BCUT2D eigenvalue weighted by molar-refractivity contribution is 6.43. The van der Waals surface area contributed by atoms with Gasteiger partial charge in [-0.3, -0.25) is 9.80 Å². The van der Waals surface area contributed by atoms with Crippen molar-refractivity contribution >= 4 is 75.8 Å². The zero-order valence-corrected chi connectivity index (χ0v) is 33.6. The van der Waals surface area contributed by atoms with Crippen molar-refractivity contribution in [2.45, 2.75) is 71.6 Å². The monoisotopic (exact) mass is 786 g/mol. The van der Waals surface area contributed by atoms with Crippen molar-refractivity contribution < 1.29 is 33.3 Å². The predicted molar refractivity (Wildman–Crippen MR) is 210 cm³/mol. The van der Waals surface area contributed by atoms with Crippen LogP contribution in [-0.2, 0) is 9.47 Å². The topological polar surface area (TPSA) is 156 Å². The third-order valence-corrected chi connectivity index (χ3v) is 9.34. The number of nitrogens with two attached hydrogens (primary N) is 1. The van der Waals surface area contributed by atoms with Crippen LogP contribution < -0.4 is 34.8 Å². The molecule has 292 valence electrons. The standard InChI is InChI=1S/C37H48Cl2N8O7/c1-36(2,3)53-34(49)46(25-13-12-23(18-24(25)40)45-16-14-44(15-17-45)22-10-11-22)29-20-28(41-21-42-29)43(7)33(48)47(35(50)54-37(4,5)6)32-30(38)26(51-8)19-27(52-9)31(32)39/h12-13,18-22H,10-11,14-17,40H2,1-9H3. The molecule has 5 rings (SSSR count). The highest BCUT2D eigenvalue weighted by Crippen LogP contribution is 2.47. The third kappa shape index (κ3) is 9.13. The second-order valence-electron chi connectivity index (χ2n) is 15.0. The molecule has 1 aliphatic carbocycles. The fourth-order valence-electron chi connectivity index (χ4n) is 5.88. The van der Waals surface area contributed by atoms with E-state index in [1.807, 2.05) is 12.1 Å². The number of hydrogen-bond donors (Lipinski definition) is 1. The van der Waals surface area contributed by atoms with E-state index in [-0.39, 0.29) is 38.9 Å². The maximum Gasteiger partial charge on any atom is 0.423 e. The van der Waals surface area contributed by atoms with Crippen LogP contribution in [0.4, 0.5) is 48.8 Å². The van der Waals surface area contributed by atoms with Gasteiger partial charge in [0.1, 0.15) is 56.4 Å². The molecule has 2 fully saturated rings. The first-order valence-electron chi connectivity index (χ1n) is 17.5. The number of piperazine rings is 1. The van der Waals surface area contributed by atoms with E-state index in [0.717, 1.165) is 36.8 Å². The lowest BCUT2D eigenvalue weighted by molar-refractivity contribution is 0.0584. The van der Waals surface area contributed by atoms with Gasteiger partial charge in [-0.05, 0) is 72.6 Å². The van der Waals surface area contributed by atoms with E-state index in [4.69, 9.17) is 47.9 Å². The van der Waals surface area contributed by atoms with Crippen molar-refractivity contribution in [1.29, 1.82) is 0 Å². The second-order valence-corrected chi connectivity index (χ2v) is 15.7. The molecular formula is C37H48Cl2N8O7. The molecule has 4 amide bonds. The second kappa shape index (κ2) is 15.9. The van der Waals surface area contributed by atoms with Crippen molar-refractivity contribution in [2.24, 2.45) is 0 Å². The predicted octanol–water partition coefficient (Wildman–Crippen LogP) is 7.74. The van der Waals surface area contributed by atoms with Crippen LogP contribution in [0.3, 0.4) is 0 Å². The maximum atomic E-state index is 14.4. The van der Waals surface area contributed by atoms with Crippen molar-refractivity contribution in [2.75, 3.05) is 72.8 Å². The lowest BCUT2D eigenvalue weighted by Gasteiger charge is -2.36. The molecule has 1 saturated heterocycles. The first-order chi connectivity index (χ1) is 25.3. The number of hydrogen-bond acceptors (Lipinski definition) is 12. The van der Waals surface area contributed by atoms with Crippen molar-refractivity contribution in [3.05, 3.63) is 46.7 Å². The van der Waals surface area contributed by atoms with Crippen LogP contribution >= 0.6 is 23.2 Å². The summed E-state index contributed by atoms with van der Waals surface area (Å²) >= 11 is 13.4. The molecule has 1 saturated carbocycles. The third-order valence-electron chi connectivity index (χ3n) is 8.61. The van der Waals surface area contributed by atoms with Crippen molar-refractivity contribution in [3.8, 4) is 11.5 Å². The lowest BCUT2D eigenvalue weighted by atomic mass is 10.2. The Morgan fingerprint density at radius 3 is 1.89 bits per heavy atom. The summed E-state index contributed by atoms with van der Waals surface area (Å²) in [7, 11) is 4.09. The number of methoxy groups -OCH3 is 2. The Hall–Kier alpha value is -4.73. The molecule has 54 heavy (non-hydrogen) atoms. The van der Waals surface area contributed by atoms with Gasteiger partial charge in [-0.1, -0.05) is 23.2 Å². The van der Waals surface area contributed by atoms with E-state index >= 15 is 0 Å². The summed E-state index contributed by atoms with van der Waals surface area (Å²) in [6, 6.07) is 8.01. The highest BCUT2D eigenvalue weighted by Gasteiger charge is 2.38. The Labute approximate surface area is 325 Å². The number of urea groups is 1. The summed E-state index contributed by atoms with van der Waals surface area (Å²) in [6.07, 6.45) is 1.83. The molecule has 2 heterocycles. The summed E-state index contributed by atoms with van der Waals surface area (Å²) in [6.45, 7) is 13.8. The first-order valence-corrected chi connectivity index (χ1v) is 18.2. The number of nitrogens with zero attached hydrogens (tertiary/aromatic N) is 7. The minimum Gasteiger partial charge on any atom is -0.495 e. The molecule has 2 aromatic carbocycles. The average Bonchev–Trinajstić information content (AvgIpc) is 3.95. The van der Waals surface area contributed by atoms with Crippen LogP contribution in [0.2, 0.25) is 10.0 Å². The van der Waals surface area contributed by atoms with Crippen LogP contribution in [0.1, 0.15) is 54.4 Å². The largest absolute Gasteiger partial charge is 0.495 e. The number of rotatable bonds is 8. The lowest BCUT2D eigenvalue weighted by Crippen LogP contribution is -2.48. The number of amides is 4. The number of ether oxygens (including phenoxy) is 4.